The van der Waals surface area contributed by atoms with Crippen LogP contribution in [-0.2, 0) is 0 Å². The minimum Gasteiger partial charge on any atom is -0.491 e. The Hall–Kier alpha value is -0.520. The fourth-order valence-electron chi connectivity index (χ4n) is 1.82. The van der Waals surface area contributed by atoms with Crippen molar-refractivity contribution < 1.29 is 9.22 Å². The molecule has 0 bridgehead atoms. The average Bonchev–Trinajstić information content (AvgIpc) is 2.26. The highest BCUT2D eigenvalue weighted by atomic mass is 79.9. The maximum absolute atomic E-state index is 5.81. The number of nitrogens with two attached hydrogens (primary N) is 1. The molecule has 0 radical (unpaired) electrons. The van der Waals surface area contributed by atoms with Crippen LogP contribution >= 0.6 is 31.9 Å². The van der Waals surface area contributed by atoms with Crippen molar-refractivity contribution in [1.29, 1.82) is 0 Å². The van der Waals surface area contributed by atoms with Gasteiger partial charge in [0.15, 0.2) is 0 Å². The Bertz CT molecular complexity index is 424. The molecule has 0 unspecified atom stereocenters. The fraction of sp³-hybridized carbons (Fsp3) is 0.429. The molecule has 106 valence electrons. The first-order valence-corrected chi connectivity index (χ1v) is 7.74. The Labute approximate surface area is 132 Å². The van der Waals surface area contributed by atoms with E-state index in [0.717, 1.165) is 38.7 Å². The van der Waals surface area contributed by atoms with Crippen LogP contribution in [0.15, 0.2) is 33.7 Å². The maximum atomic E-state index is 5.81. The van der Waals surface area contributed by atoms with Gasteiger partial charge in [0.1, 0.15) is 5.75 Å². The predicted octanol–water partition coefficient (Wildman–Crippen LogP) is 3.83. The second-order valence-electron chi connectivity index (χ2n) is 5.15. The number of benzene rings is 1. The number of ether oxygens (including phenoxy) is 1. The lowest BCUT2D eigenvalue weighted by atomic mass is 10.3. The number of quaternary nitrogens is 1. The molecule has 0 aromatic heterocycles. The monoisotopic (exact) mass is 391 g/mol. The number of rotatable bonds is 7. The Morgan fingerprint density at radius 1 is 1.32 bits per heavy atom. The largest absolute Gasteiger partial charge is 0.491 e. The number of halogens is 2. The zero-order valence-corrected chi connectivity index (χ0v) is 14.6. The van der Waals surface area contributed by atoms with E-state index in [2.05, 4.69) is 52.5 Å². The quantitative estimate of drug-likeness (QED) is 0.331. The summed E-state index contributed by atoms with van der Waals surface area (Å²) in [6.07, 6.45) is 2.94. The fourth-order valence-corrected chi connectivity index (χ4v) is 3.28. The van der Waals surface area contributed by atoms with Gasteiger partial charge in [0.05, 0.1) is 42.7 Å². The molecule has 0 amide bonds. The first-order valence-electron chi connectivity index (χ1n) is 6.16. The van der Waals surface area contributed by atoms with Crippen LogP contribution in [-0.4, -0.2) is 38.3 Å². The van der Waals surface area contributed by atoms with E-state index in [1.807, 2.05) is 18.2 Å². The molecule has 0 aliphatic heterocycles. The van der Waals surface area contributed by atoms with Gasteiger partial charge in [-0.25, -0.2) is 0 Å². The van der Waals surface area contributed by atoms with E-state index in [-0.39, 0.29) is 0 Å². The van der Waals surface area contributed by atoms with E-state index in [4.69, 9.17) is 10.5 Å². The standard InChI is InChI=1S/C14H21Br2N2O/c1-4-6-18(2,3)7-5-8-19-14-12(15)9-11(17)10-13(14)16/h4,9-10H,1,5-8,17H2,2-3H3/q+1. The van der Waals surface area contributed by atoms with Gasteiger partial charge in [-0.3, -0.25) is 0 Å². The van der Waals surface area contributed by atoms with Crippen LogP contribution in [0.3, 0.4) is 0 Å². The van der Waals surface area contributed by atoms with Crippen molar-refractivity contribution in [3.8, 4) is 5.75 Å². The predicted molar refractivity (Wildman–Crippen MR) is 88.4 cm³/mol. The molecule has 0 saturated heterocycles. The highest BCUT2D eigenvalue weighted by molar-refractivity contribution is 9.11. The Morgan fingerprint density at radius 3 is 2.42 bits per heavy atom. The van der Waals surface area contributed by atoms with Gasteiger partial charge in [-0.05, 0) is 50.1 Å². The van der Waals surface area contributed by atoms with Crippen molar-refractivity contribution in [3.05, 3.63) is 33.7 Å². The molecule has 0 saturated carbocycles. The minimum atomic E-state index is 0.680. The van der Waals surface area contributed by atoms with Gasteiger partial charge in [-0.2, -0.15) is 0 Å². The summed E-state index contributed by atoms with van der Waals surface area (Å²) in [7, 11) is 4.38. The number of nitrogens with zero attached hydrogens (tertiary/aromatic N) is 1. The van der Waals surface area contributed by atoms with E-state index in [1.165, 1.54) is 0 Å². The smallest absolute Gasteiger partial charge is 0.147 e. The number of hydrogen-bond donors (Lipinski definition) is 1. The van der Waals surface area contributed by atoms with Gasteiger partial charge in [0.2, 0.25) is 0 Å². The first-order chi connectivity index (χ1) is 8.85. The highest BCUT2D eigenvalue weighted by Crippen LogP contribution is 2.35. The molecule has 1 rings (SSSR count). The van der Waals surface area contributed by atoms with Crippen molar-refractivity contribution in [2.45, 2.75) is 6.42 Å². The molecule has 0 aliphatic rings. The number of likely N-dealkylation sites (N-methyl/N-ethyl adjacent to an activating group) is 1. The lowest BCUT2D eigenvalue weighted by molar-refractivity contribution is -0.884. The third kappa shape index (κ3) is 5.55. The third-order valence-corrected chi connectivity index (χ3v) is 3.98. The molecule has 5 heteroatoms. The highest BCUT2D eigenvalue weighted by Gasteiger charge is 2.13. The van der Waals surface area contributed by atoms with Gasteiger partial charge >= 0.3 is 0 Å². The van der Waals surface area contributed by atoms with Crippen molar-refractivity contribution in [2.24, 2.45) is 0 Å². The second kappa shape index (κ2) is 7.31. The van der Waals surface area contributed by atoms with E-state index < -0.39 is 0 Å². The zero-order valence-electron chi connectivity index (χ0n) is 11.5. The normalized spacial score (nSPS) is 11.4. The zero-order chi connectivity index (χ0) is 14.5. The topological polar surface area (TPSA) is 35.2 Å². The summed E-state index contributed by atoms with van der Waals surface area (Å²) in [5.74, 6) is 0.809. The van der Waals surface area contributed by atoms with Crippen molar-refractivity contribution >= 4 is 37.5 Å². The summed E-state index contributed by atoms with van der Waals surface area (Å²) >= 11 is 6.92. The minimum absolute atomic E-state index is 0.680. The van der Waals surface area contributed by atoms with Crippen molar-refractivity contribution in [2.75, 3.05) is 39.5 Å². The second-order valence-corrected chi connectivity index (χ2v) is 6.85. The van der Waals surface area contributed by atoms with Crippen LogP contribution in [0.25, 0.3) is 0 Å². The van der Waals surface area contributed by atoms with Gasteiger partial charge in [-0.15, -0.1) is 0 Å². The number of anilines is 1. The Balaban J connectivity index is 2.48. The SMILES string of the molecule is C=CC[N+](C)(C)CCCOc1c(Br)cc(N)cc1Br. The van der Waals surface area contributed by atoms with Crippen LogP contribution in [0.2, 0.25) is 0 Å². The van der Waals surface area contributed by atoms with Crippen LogP contribution in [0, 0.1) is 0 Å². The van der Waals surface area contributed by atoms with Crippen LogP contribution in [0.1, 0.15) is 6.42 Å². The van der Waals surface area contributed by atoms with Crippen LogP contribution in [0.4, 0.5) is 5.69 Å². The molecule has 0 heterocycles. The Kier molecular flexibility index (Phi) is 6.36. The molecule has 1 aromatic rings. The summed E-state index contributed by atoms with van der Waals surface area (Å²) in [5, 5.41) is 0. The van der Waals surface area contributed by atoms with E-state index in [1.54, 1.807) is 0 Å². The maximum Gasteiger partial charge on any atom is 0.147 e. The van der Waals surface area contributed by atoms with Gasteiger partial charge in [-0.1, -0.05) is 6.58 Å². The lowest BCUT2D eigenvalue weighted by Crippen LogP contribution is -2.40. The third-order valence-electron chi connectivity index (χ3n) is 2.80. The van der Waals surface area contributed by atoms with Gasteiger partial charge < -0.3 is 15.0 Å². The summed E-state index contributed by atoms with van der Waals surface area (Å²) in [5.41, 5.74) is 6.45. The van der Waals surface area contributed by atoms with E-state index >= 15 is 0 Å². The molecule has 0 aliphatic carbocycles. The van der Waals surface area contributed by atoms with Crippen molar-refractivity contribution in [1.82, 2.24) is 0 Å². The molecule has 2 N–H and O–H groups in total. The average molecular weight is 393 g/mol. The summed E-state index contributed by atoms with van der Waals surface area (Å²) in [6.45, 7) is 6.48. The van der Waals surface area contributed by atoms with Crippen LogP contribution < -0.4 is 10.5 Å². The van der Waals surface area contributed by atoms with E-state index in [0.29, 0.717) is 12.3 Å². The molecule has 0 atom stereocenters. The summed E-state index contributed by atoms with van der Waals surface area (Å²) in [6, 6.07) is 3.69. The molecule has 1 aromatic carbocycles. The van der Waals surface area contributed by atoms with Crippen LogP contribution in [0.5, 0.6) is 5.75 Å². The van der Waals surface area contributed by atoms with E-state index in [9.17, 15) is 0 Å². The summed E-state index contributed by atoms with van der Waals surface area (Å²) in [4.78, 5) is 0. The lowest BCUT2D eigenvalue weighted by Gasteiger charge is -2.28. The molecule has 0 fully saturated rings. The van der Waals surface area contributed by atoms with Gasteiger partial charge in [0.25, 0.3) is 0 Å². The molecular weight excluding hydrogens is 372 g/mol. The first kappa shape index (κ1) is 16.5. The van der Waals surface area contributed by atoms with Crippen molar-refractivity contribution in [3.63, 3.8) is 0 Å². The number of nitrogen functional groups attached to an aromatic ring is 1. The molecular formula is C14H21Br2N2O+. The Morgan fingerprint density at radius 2 is 1.89 bits per heavy atom. The number of hydrogen-bond acceptors (Lipinski definition) is 2. The summed E-state index contributed by atoms with van der Waals surface area (Å²) < 4.78 is 8.49. The molecule has 0 spiro atoms. The molecule has 3 nitrogen and oxygen atoms in total. The molecule has 19 heavy (non-hydrogen) atoms. The van der Waals surface area contributed by atoms with Gasteiger partial charge in [0, 0.05) is 12.1 Å².